The summed E-state index contributed by atoms with van der Waals surface area (Å²) < 4.78 is 36.0. The van der Waals surface area contributed by atoms with Crippen molar-refractivity contribution in [3.63, 3.8) is 0 Å². The molecule has 1 aliphatic heterocycles. The van der Waals surface area contributed by atoms with Gasteiger partial charge in [-0.25, -0.2) is 9.36 Å². The quantitative estimate of drug-likeness (QED) is 0.0282. The number of nitrogens with one attached hydrogen (secondary N) is 2. The Labute approximate surface area is 271 Å². The van der Waals surface area contributed by atoms with Gasteiger partial charge in [-0.3, -0.25) is 42.7 Å². The van der Waals surface area contributed by atoms with Gasteiger partial charge in [-0.2, -0.15) is 0 Å². The van der Waals surface area contributed by atoms with E-state index in [1.165, 1.54) is 20.8 Å². The molecule has 1 rings (SSSR count). The van der Waals surface area contributed by atoms with Gasteiger partial charge in [0, 0.05) is 45.0 Å². The molecular formula is C24H36BN3O15P2S. The number of esters is 1. The zero-order chi connectivity index (χ0) is 35.1. The van der Waals surface area contributed by atoms with Crippen LogP contribution in [0.5, 0.6) is 0 Å². The molecule has 18 nitrogen and oxygen atoms in total. The Morgan fingerprint density at radius 3 is 2.43 bits per heavy atom. The van der Waals surface area contributed by atoms with Crippen LogP contribution in [0.3, 0.4) is 0 Å². The molecule has 3 N–H and O–H groups in total. The minimum atomic E-state index is -4.74. The molecule has 1 heterocycles. The van der Waals surface area contributed by atoms with Crippen LogP contribution < -0.4 is 10.4 Å². The molecule has 0 spiro atoms. The molecule has 4 unspecified atom stereocenters. The average molecular weight is 711 g/mol. The van der Waals surface area contributed by atoms with E-state index < -0.39 is 106 Å². The number of phosphoric ester groups is 1. The maximum Gasteiger partial charge on any atom is 0.472 e. The van der Waals surface area contributed by atoms with E-state index in [0.717, 1.165) is 23.6 Å². The number of carbonyl (C=O) groups excluding carboxylic acids is 8. The van der Waals surface area contributed by atoms with Crippen molar-refractivity contribution in [2.45, 2.75) is 63.9 Å². The fraction of sp³-hybridized carbons (Fsp3) is 0.667. The van der Waals surface area contributed by atoms with Crippen molar-refractivity contribution in [1.29, 1.82) is 0 Å². The minimum absolute atomic E-state index is 0.0226. The Morgan fingerprint density at radius 1 is 1.17 bits per heavy atom. The van der Waals surface area contributed by atoms with Gasteiger partial charge in [0.15, 0.2) is 14.0 Å². The number of rotatable bonds is 21. The summed E-state index contributed by atoms with van der Waals surface area (Å²) in [6, 6.07) is 0. The van der Waals surface area contributed by atoms with Gasteiger partial charge in [0.05, 0.1) is 24.1 Å². The molecule has 0 aliphatic carbocycles. The van der Waals surface area contributed by atoms with Crippen LogP contribution in [0.15, 0.2) is 0 Å². The van der Waals surface area contributed by atoms with E-state index in [0.29, 0.717) is 0 Å². The first-order valence-corrected chi connectivity index (χ1v) is 17.4. The summed E-state index contributed by atoms with van der Waals surface area (Å²) in [5, 5.41) is 3.80. The van der Waals surface area contributed by atoms with Gasteiger partial charge in [-0.15, -0.1) is 11.8 Å². The van der Waals surface area contributed by atoms with Gasteiger partial charge in [0.25, 0.3) is 12.1 Å². The highest BCUT2D eigenvalue weighted by Gasteiger charge is 2.39. The summed E-state index contributed by atoms with van der Waals surface area (Å²) in [7, 11) is -2.34. The number of hydrogen-bond acceptors (Lipinski definition) is 15. The van der Waals surface area contributed by atoms with E-state index in [1.54, 1.807) is 0 Å². The first kappa shape index (κ1) is 41.1. The highest BCUT2D eigenvalue weighted by molar-refractivity contribution is 8.00. The zero-order valence-corrected chi connectivity index (χ0v) is 28.2. The van der Waals surface area contributed by atoms with Gasteiger partial charge >= 0.3 is 19.5 Å². The lowest BCUT2D eigenvalue weighted by molar-refractivity contribution is -0.151. The van der Waals surface area contributed by atoms with Crippen LogP contribution in [0.25, 0.3) is 0 Å². The second-order valence-corrected chi connectivity index (χ2v) is 14.7. The number of phosphoric acid groups is 1. The van der Waals surface area contributed by atoms with Crippen LogP contribution in [0.2, 0.25) is 0 Å². The van der Waals surface area contributed by atoms with Crippen LogP contribution >= 0.6 is 27.7 Å². The Balaban J connectivity index is 2.70. The fourth-order valence-corrected chi connectivity index (χ4v) is 6.47. The van der Waals surface area contributed by atoms with E-state index >= 15 is 0 Å². The Kier molecular flexibility index (Phi) is 17.6. The molecular weight excluding hydrogens is 675 g/mol. The van der Waals surface area contributed by atoms with E-state index in [1.807, 2.05) is 0 Å². The summed E-state index contributed by atoms with van der Waals surface area (Å²) in [5.74, 6) is -2.36. The standard InChI is InChI=1S/C24H36BN3O15P2S/c1-15(30)39-12-16(40-14-29)13-42-45(37,38)41-9-7-26-22(35)44(23(36)43-24(2,3)4)27-19(32)5-8-28-20(33)11-17(21(28)34)46-10-6-18(25)31/h14,16-17H,5-13H2,1-4H3,(H,26,35)(H,27,32)(H,37,38). The third kappa shape index (κ3) is 16.6. The van der Waals surface area contributed by atoms with E-state index in [-0.39, 0.29) is 31.6 Å². The van der Waals surface area contributed by atoms with Crippen LogP contribution in [0.1, 0.15) is 47.0 Å². The molecule has 256 valence electrons. The van der Waals surface area contributed by atoms with E-state index in [4.69, 9.17) is 21.6 Å². The van der Waals surface area contributed by atoms with E-state index in [2.05, 4.69) is 19.9 Å². The summed E-state index contributed by atoms with van der Waals surface area (Å²) in [6.07, 6.45) is -1.74. The smallest absolute Gasteiger partial charge is 0.462 e. The summed E-state index contributed by atoms with van der Waals surface area (Å²) in [5.41, 5.74) is -3.67. The number of imide groups is 1. The Hall–Kier alpha value is -2.89. The molecule has 46 heavy (non-hydrogen) atoms. The highest BCUT2D eigenvalue weighted by Crippen LogP contribution is 2.43. The SMILES string of the molecule is [B]C(=O)CCSC1CC(=O)N(CCC(=O)NP(C(=O)NCCOP(=O)(O)OCC(COC(C)=O)OC=O)C(=O)OC(C)(C)C)C1=O. The second-order valence-electron chi connectivity index (χ2n) is 10.3. The molecule has 1 fully saturated rings. The number of thioether (sulfide) groups is 1. The van der Waals surface area contributed by atoms with Crippen molar-refractivity contribution in [3.8, 4) is 0 Å². The lowest BCUT2D eigenvalue weighted by atomic mass is 10.0. The fourth-order valence-electron chi connectivity index (χ4n) is 3.23. The number of carbonyl (C=O) groups is 8. The first-order chi connectivity index (χ1) is 21.3. The number of ether oxygens (including phenoxy) is 3. The highest BCUT2D eigenvalue weighted by atomic mass is 32.2. The van der Waals surface area contributed by atoms with Crippen molar-refractivity contribution in [1.82, 2.24) is 15.3 Å². The predicted molar refractivity (Wildman–Crippen MR) is 162 cm³/mol. The van der Waals surface area contributed by atoms with Crippen molar-refractivity contribution in [2.24, 2.45) is 0 Å². The molecule has 0 aromatic heterocycles. The maximum atomic E-state index is 12.8. The van der Waals surface area contributed by atoms with Crippen LogP contribution in [0.4, 0.5) is 9.59 Å². The Bertz CT molecular complexity index is 1200. The third-order valence-corrected chi connectivity index (χ3v) is 8.91. The van der Waals surface area contributed by atoms with Gasteiger partial charge in [-0.1, -0.05) is 0 Å². The van der Waals surface area contributed by atoms with Crippen LogP contribution in [-0.2, 0) is 56.6 Å². The lowest BCUT2D eigenvalue weighted by Gasteiger charge is -2.24. The van der Waals surface area contributed by atoms with E-state index in [9.17, 15) is 47.8 Å². The summed E-state index contributed by atoms with van der Waals surface area (Å²) in [6.45, 7) is 3.22. The van der Waals surface area contributed by atoms with Crippen LogP contribution in [-0.4, -0.2) is 120 Å². The predicted octanol–water partition coefficient (Wildman–Crippen LogP) is 0.719. The number of amides is 4. The maximum absolute atomic E-state index is 12.8. The van der Waals surface area contributed by atoms with Gasteiger partial charge < -0.3 is 34.3 Å². The summed E-state index contributed by atoms with van der Waals surface area (Å²) in [4.78, 5) is 106. The molecule has 22 heteroatoms. The zero-order valence-electron chi connectivity index (χ0n) is 25.6. The number of likely N-dealkylation sites (tertiary alicyclic amines) is 1. The summed E-state index contributed by atoms with van der Waals surface area (Å²) >= 11 is 1.10. The molecule has 1 saturated heterocycles. The Morgan fingerprint density at radius 2 is 1.85 bits per heavy atom. The minimum Gasteiger partial charge on any atom is -0.462 e. The van der Waals surface area contributed by atoms with Crippen molar-refractivity contribution in [2.75, 3.05) is 38.7 Å². The van der Waals surface area contributed by atoms with Crippen molar-refractivity contribution < 1.29 is 71.1 Å². The largest absolute Gasteiger partial charge is 0.472 e. The number of hydrogen-bond donors (Lipinski definition) is 3. The van der Waals surface area contributed by atoms with Crippen molar-refractivity contribution >= 4 is 82.7 Å². The molecule has 4 atom stereocenters. The van der Waals surface area contributed by atoms with Gasteiger partial charge in [0.2, 0.25) is 25.8 Å². The van der Waals surface area contributed by atoms with Gasteiger partial charge in [-0.05, 0) is 20.8 Å². The lowest BCUT2D eigenvalue weighted by Crippen LogP contribution is -2.37. The molecule has 0 saturated carbocycles. The molecule has 0 aromatic carbocycles. The van der Waals surface area contributed by atoms with Crippen molar-refractivity contribution in [3.05, 3.63) is 0 Å². The molecule has 0 aromatic rings. The molecule has 0 bridgehead atoms. The monoisotopic (exact) mass is 711 g/mol. The third-order valence-electron chi connectivity index (χ3n) is 5.22. The first-order valence-electron chi connectivity index (χ1n) is 13.5. The van der Waals surface area contributed by atoms with Crippen LogP contribution in [0, 0.1) is 0 Å². The molecule has 4 amide bonds. The average Bonchev–Trinajstić information content (AvgIpc) is 3.20. The molecule has 1 aliphatic rings. The molecule has 2 radical (unpaired) electrons. The normalized spacial score (nSPS) is 17.3. The second kappa shape index (κ2) is 19.7. The number of nitrogens with zero attached hydrogens (tertiary/aromatic N) is 1. The van der Waals surface area contributed by atoms with Gasteiger partial charge in [0.1, 0.15) is 12.2 Å². The topological polar surface area (TPSA) is 247 Å².